The first-order valence-corrected chi connectivity index (χ1v) is 11.7. The van der Waals surface area contributed by atoms with E-state index in [-0.39, 0.29) is 19.4 Å². The molecule has 0 fully saturated rings. The molecule has 0 aliphatic carbocycles. The molecule has 4 N–H and O–H groups in total. The summed E-state index contributed by atoms with van der Waals surface area (Å²) in [5.41, 5.74) is 3.04. The average molecular weight is 490 g/mol. The molecule has 1 unspecified atom stereocenters. The summed E-state index contributed by atoms with van der Waals surface area (Å²) < 4.78 is 15.6. The monoisotopic (exact) mass is 489 g/mol. The molecule has 34 heavy (non-hydrogen) atoms. The van der Waals surface area contributed by atoms with E-state index in [0.717, 1.165) is 6.54 Å². The van der Waals surface area contributed by atoms with Gasteiger partial charge in [-0.3, -0.25) is 9.59 Å². The highest BCUT2D eigenvalue weighted by Gasteiger charge is 2.28. The van der Waals surface area contributed by atoms with Crippen molar-refractivity contribution in [3.8, 4) is 0 Å². The minimum absolute atomic E-state index is 0.0102. The summed E-state index contributed by atoms with van der Waals surface area (Å²) in [6.07, 6.45) is 2.29. The van der Waals surface area contributed by atoms with Crippen LogP contribution >= 0.6 is 0 Å². The number of ether oxygens (including phenoxy) is 3. The number of hydrogen-bond acceptors (Lipinski definition) is 8. The maximum atomic E-state index is 12.4. The van der Waals surface area contributed by atoms with Crippen molar-refractivity contribution in [2.45, 2.75) is 118 Å². The number of carbonyl (C=O) groups is 4. The molecule has 0 aliphatic rings. The van der Waals surface area contributed by atoms with Crippen LogP contribution in [0.15, 0.2) is 0 Å². The molecule has 0 rings (SSSR count). The Labute approximate surface area is 205 Å². The number of nitrogens with two attached hydrogens (primary N) is 1. The summed E-state index contributed by atoms with van der Waals surface area (Å²) in [6.45, 7) is 18.0. The highest BCUT2D eigenvalue weighted by Crippen LogP contribution is 2.13. The first-order chi connectivity index (χ1) is 15.3. The molecule has 0 saturated heterocycles. The smallest absolute Gasteiger partial charge is 0.329 e. The molecule has 10 nitrogen and oxygen atoms in total. The fourth-order valence-electron chi connectivity index (χ4n) is 2.22. The number of rotatable bonds is 9. The van der Waals surface area contributed by atoms with Gasteiger partial charge in [0.1, 0.15) is 29.4 Å². The van der Waals surface area contributed by atoms with E-state index in [1.165, 1.54) is 12.8 Å². The summed E-state index contributed by atoms with van der Waals surface area (Å²) in [4.78, 5) is 48.2. The van der Waals surface area contributed by atoms with Crippen molar-refractivity contribution in [2.24, 2.45) is 5.73 Å². The predicted octanol–water partition coefficient (Wildman–Crippen LogP) is 3.20. The number of esters is 3. The van der Waals surface area contributed by atoms with Crippen LogP contribution in [0.25, 0.3) is 0 Å². The Morgan fingerprint density at radius 3 is 1.65 bits per heavy atom. The Hall–Kier alpha value is -2.36. The van der Waals surface area contributed by atoms with E-state index in [9.17, 15) is 19.2 Å². The van der Waals surface area contributed by atoms with Crippen molar-refractivity contribution in [3.05, 3.63) is 0 Å². The second-order valence-electron chi connectivity index (χ2n) is 10.8. The third-order valence-electron chi connectivity index (χ3n) is 3.42. The molecule has 0 aromatic heterocycles. The van der Waals surface area contributed by atoms with Gasteiger partial charge in [-0.25, -0.2) is 9.59 Å². The Balaban J connectivity index is 0. The average Bonchev–Trinajstić information content (AvgIpc) is 2.60. The number of hydrogen-bond donors (Lipinski definition) is 3. The third-order valence-corrected chi connectivity index (χ3v) is 3.42. The summed E-state index contributed by atoms with van der Waals surface area (Å²) in [7, 11) is 0. The fraction of sp³-hybridized carbons (Fsp3) is 0.833. The molecule has 0 aromatic carbocycles. The zero-order chi connectivity index (χ0) is 27.2. The largest absolute Gasteiger partial charge is 0.460 e. The molecule has 0 bridgehead atoms. The highest BCUT2D eigenvalue weighted by molar-refractivity contribution is 5.86. The Morgan fingerprint density at radius 1 is 0.794 bits per heavy atom. The lowest BCUT2D eigenvalue weighted by atomic mass is 10.1. The summed E-state index contributed by atoms with van der Waals surface area (Å²) in [5.74, 6) is -1.80. The summed E-state index contributed by atoms with van der Waals surface area (Å²) >= 11 is 0. The van der Waals surface area contributed by atoms with Crippen molar-refractivity contribution in [1.29, 1.82) is 0 Å². The molecule has 0 heterocycles. The van der Waals surface area contributed by atoms with Crippen LogP contribution in [0, 0.1) is 0 Å². The molecule has 0 radical (unpaired) electrons. The van der Waals surface area contributed by atoms with E-state index < -0.39 is 46.8 Å². The van der Waals surface area contributed by atoms with Gasteiger partial charge in [-0.1, -0.05) is 13.3 Å². The topological polar surface area (TPSA) is 146 Å². The fourth-order valence-corrected chi connectivity index (χ4v) is 2.22. The quantitative estimate of drug-likeness (QED) is 0.330. The zero-order valence-corrected chi connectivity index (χ0v) is 22.8. The SMILES string of the molecule is CC(C)(C)OC(=O)CCC(NC(=O)NCC(=O)OC(C)(C)C)C(=O)OC(C)(C)C.CCCCN. The van der Waals surface area contributed by atoms with Crippen molar-refractivity contribution in [1.82, 2.24) is 10.6 Å². The van der Waals surface area contributed by atoms with E-state index in [4.69, 9.17) is 19.9 Å². The van der Waals surface area contributed by atoms with E-state index >= 15 is 0 Å². The molecule has 0 aliphatic heterocycles. The first-order valence-electron chi connectivity index (χ1n) is 11.7. The number of unbranched alkanes of at least 4 members (excludes halogenated alkanes) is 1. The molecule has 0 spiro atoms. The maximum absolute atomic E-state index is 12.4. The van der Waals surface area contributed by atoms with E-state index in [1.54, 1.807) is 62.3 Å². The lowest BCUT2D eigenvalue weighted by Gasteiger charge is -2.25. The van der Waals surface area contributed by atoms with Crippen LogP contribution in [0.4, 0.5) is 4.79 Å². The number of carbonyl (C=O) groups excluding carboxylic acids is 4. The van der Waals surface area contributed by atoms with E-state index in [0.29, 0.717) is 0 Å². The molecule has 0 aromatic rings. The van der Waals surface area contributed by atoms with Crippen molar-refractivity contribution < 1.29 is 33.4 Å². The van der Waals surface area contributed by atoms with Gasteiger partial charge < -0.3 is 30.6 Å². The lowest BCUT2D eigenvalue weighted by Crippen LogP contribution is -2.49. The second kappa shape index (κ2) is 15.5. The Kier molecular flexibility index (Phi) is 15.4. The van der Waals surface area contributed by atoms with Gasteiger partial charge in [0.05, 0.1) is 0 Å². The zero-order valence-electron chi connectivity index (χ0n) is 22.8. The third kappa shape index (κ3) is 22.8. The van der Waals surface area contributed by atoms with Gasteiger partial charge in [0.25, 0.3) is 0 Å². The first kappa shape index (κ1) is 33.8. The molecule has 10 heteroatoms. The van der Waals surface area contributed by atoms with Gasteiger partial charge in [0.15, 0.2) is 0 Å². The minimum Gasteiger partial charge on any atom is -0.460 e. The molecule has 1 atom stereocenters. The van der Waals surface area contributed by atoms with Gasteiger partial charge in [-0.15, -0.1) is 0 Å². The standard InChI is InChI=1S/C20H36N2O7.C4H11N/c1-18(2,3)27-14(23)11-10-13(16(25)29-20(7,8)9)22-17(26)21-12-15(24)28-19(4,5)6;1-2-3-4-5/h13H,10-12H2,1-9H3,(H2,21,22,26);2-5H2,1H3. The van der Waals surface area contributed by atoms with Gasteiger partial charge in [0.2, 0.25) is 0 Å². The van der Waals surface area contributed by atoms with Crippen molar-refractivity contribution >= 4 is 23.9 Å². The lowest BCUT2D eigenvalue weighted by molar-refractivity contribution is -0.158. The van der Waals surface area contributed by atoms with Crippen LogP contribution in [0.5, 0.6) is 0 Å². The van der Waals surface area contributed by atoms with Gasteiger partial charge in [-0.05, 0) is 81.7 Å². The second-order valence-corrected chi connectivity index (χ2v) is 10.8. The van der Waals surface area contributed by atoms with Gasteiger partial charge >= 0.3 is 23.9 Å². The van der Waals surface area contributed by atoms with Crippen LogP contribution < -0.4 is 16.4 Å². The number of amides is 2. The number of nitrogens with one attached hydrogen (secondary N) is 2. The van der Waals surface area contributed by atoms with Crippen LogP contribution in [0.3, 0.4) is 0 Å². The van der Waals surface area contributed by atoms with Crippen LogP contribution in [-0.2, 0) is 28.6 Å². The molecule has 0 saturated carbocycles. The van der Waals surface area contributed by atoms with Crippen molar-refractivity contribution in [2.75, 3.05) is 13.1 Å². The van der Waals surface area contributed by atoms with Gasteiger partial charge in [-0.2, -0.15) is 0 Å². The molecule has 2 amide bonds. The Morgan fingerprint density at radius 2 is 1.26 bits per heavy atom. The van der Waals surface area contributed by atoms with Gasteiger partial charge in [0, 0.05) is 6.42 Å². The van der Waals surface area contributed by atoms with Crippen LogP contribution in [-0.4, -0.2) is 59.9 Å². The summed E-state index contributed by atoms with van der Waals surface area (Å²) in [5, 5.41) is 4.77. The molecular formula is C24H47N3O7. The predicted molar refractivity (Wildman–Crippen MR) is 131 cm³/mol. The van der Waals surface area contributed by atoms with E-state index in [2.05, 4.69) is 17.6 Å². The van der Waals surface area contributed by atoms with E-state index in [1.807, 2.05) is 0 Å². The summed E-state index contributed by atoms with van der Waals surface area (Å²) in [6, 6.07) is -1.84. The Bertz CT molecular complexity index is 642. The molecule has 200 valence electrons. The van der Waals surface area contributed by atoms with Crippen LogP contribution in [0.2, 0.25) is 0 Å². The molecular weight excluding hydrogens is 442 g/mol. The normalized spacial score (nSPS) is 12.4. The maximum Gasteiger partial charge on any atom is 0.329 e. The van der Waals surface area contributed by atoms with Crippen molar-refractivity contribution in [3.63, 3.8) is 0 Å². The number of urea groups is 1. The minimum atomic E-state index is -1.08. The highest BCUT2D eigenvalue weighted by atomic mass is 16.6. The van der Waals surface area contributed by atoms with Crippen LogP contribution in [0.1, 0.15) is 94.9 Å².